The van der Waals surface area contributed by atoms with E-state index in [4.69, 9.17) is 0 Å². The summed E-state index contributed by atoms with van der Waals surface area (Å²) in [5, 5.41) is 0. The van der Waals surface area contributed by atoms with Gasteiger partial charge in [0.05, 0.1) is 6.54 Å². The van der Waals surface area contributed by atoms with Crippen LogP contribution in [0.4, 0.5) is 5.69 Å². The van der Waals surface area contributed by atoms with E-state index in [1.165, 1.54) is 5.57 Å². The number of nitrogens with zero attached hydrogens (tertiary/aromatic N) is 1. The highest BCUT2D eigenvalue weighted by Crippen LogP contribution is 2.19. The molecule has 16 heavy (non-hydrogen) atoms. The van der Waals surface area contributed by atoms with Gasteiger partial charge in [0.1, 0.15) is 0 Å². The van der Waals surface area contributed by atoms with Crippen LogP contribution in [0, 0.1) is 0 Å². The van der Waals surface area contributed by atoms with Crippen molar-refractivity contribution in [3.05, 3.63) is 54.1 Å². The van der Waals surface area contributed by atoms with Crippen molar-refractivity contribution in [3.63, 3.8) is 0 Å². The first-order valence-corrected chi connectivity index (χ1v) is 5.55. The number of hydrogen-bond donors (Lipinski definition) is 0. The average molecular weight is 213 g/mol. The Bertz CT molecular complexity index is 431. The summed E-state index contributed by atoms with van der Waals surface area (Å²) >= 11 is 0. The zero-order valence-corrected chi connectivity index (χ0v) is 9.39. The number of hydrogen-bond acceptors (Lipinski definition) is 1. The molecule has 2 rings (SSSR count). The summed E-state index contributed by atoms with van der Waals surface area (Å²) in [5.74, 6) is 0.0550. The molecule has 0 aliphatic carbocycles. The van der Waals surface area contributed by atoms with Gasteiger partial charge < -0.3 is 4.90 Å². The molecular formula is C14H15NO. The predicted molar refractivity (Wildman–Crippen MR) is 66.3 cm³/mol. The van der Waals surface area contributed by atoms with Crippen molar-refractivity contribution in [3.8, 4) is 0 Å². The zero-order chi connectivity index (χ0) is 11.4. The van der Waals surface area contributed by atoms with Crippen LogP contribution < -0.4 is 4.90 Å². The Morgan fingerprint density at radius 3 is 2.69 bits per heavy atom. The molecule has 0 atom stereocenters. The van der Waals surface area contributed by atoms with Crippen LogP contribution in [-0.4, -0.2) is 12.5 Å². The molecule has 0 N–H and O–H groups in total. The van der Waals surface area contributed by atoms with Crippen LogP contribution >= 0.6 is 0 Å². The summed E-state index contributed by atoms with van der Waals surface area (Å²) in [6, 6.07) is 9.77. The molecule has 0 radical (unpaired) electrons. The van der Waals surface area contributed by atoms with Crippen LogP contribution in [-0.2, 0) is 4.79 Å². The number of anilines is 1. The van der Waals surface area contributed by atoms with Gasteiger partial charge >= 0.3 is 0 Å². The fourth-order valence-electron chi connectivity index (χ4n) is 1.80. The summed E-state index contributed by atoms with van der Waals surface area (Å²) in [5.41, 5.74) is 2.16. The average Bonchev–Trinajstić information content (AvgIpc) is 2.33. The number of carbonyl (C=O) groups excluding carboxylic acids is 1. The minimum absolute atomic E-state index is 0.0550. The second-order valence-corrected chi connectivity index (χ2v) is 3.78. The third-order valence-corrected chi connectivity index (χ3v) is 2.58. The summed E-state index contributed by atoms with van der Waals surface area (Å²) in [6.07, 6.45) is 6.69. The monoisotopic (exact) mass is 213 g/mol. The van der Waals surface area contributed by atoms with Gasteiger partial charge in [0.25, 0.3) is 5.91 Å². The topological polar surface area (TPSA) is 20.3 Å². The lowest BCUT2D eigenvalue weighted by Gasteiger charge is -2.25. The molecule has 0 aromatic heterocycles. The molecule has 0 saturated heterocycles. The molecule has 1 aromatic rings. The molecule has 1 aromatic carbocycles. The minimum Gasteiger partial charge on any atom is -0.304 e. The number of carbonyl (C=O) groups is 1. The van der Waals surface area contributed by atoms with E-state index < -0.39 is 0 Å². The van der Waals surface area contributed by atoms with Gasteiger partial charge in [0, 0.05) is 11.8 Å². The van der Waals surface area contributed by atoms with Crippen LogP contribution in [0.1, 0.15) is 13.3 Å². The third kappa shape index (κ3) is 2.22. The van der Waals surface area contributed by atoms with Crippen molar-refractivity contribution in [2.45, 2.75) is 13.3 Å². The highest BCUT2D eigenvalue weighted by Gasteiger charge is 2.17. The van der Waals surface area contributed by atoms with Crippen LogP contribution in [0.2, 0.25) is 0 Å². The van der Waals surface area contributed by atoms with Gasteiger partial charge in [-0.1, -0.05) is 37.3 Å². The maximum absolute atomic E-state index is 11.8. The van der Waals surface area contributed by atoms with Gasteiger partial charge in [-0.05, 0) is 24.1 Å². The van der Waals surface area contributed by atoms with Crippen molar-refractivity contribution in [2.24, 2.45) is 0 Å². The van der Waals surface area contributed by atoms with Gasteiger partial charge in [-0.2, -0.15) is 0 Å². The normalized spacial score (nSPS) is 18.2. The van der Waals surface area contributed by atoms with E-state index in [1.54, 1.807) is 11.0 Å². The standard InChI is InChI=1S/C14H15NO/c1-2-6-12-9-10-14(16)15(11-12)13-7-4-3-5-8-13/h3-10H,2,11H2,1H3/b12-6+. The summed E-state index contributed by atoms with van der Waals surface area (Å²) in [4.78, 5) is 13.5. The Hall–Kier alpha value is -1.83. The molecule has 2 nitrogen and oxygen atoms in total. The Kier molecular flexibility index (Phi) is 3.20. The fraction of sp³-hybridized carbons (Fsp3) is 0.214. The van der Waals surface area contributed by atoms with E-state index in [-0.39, 0.29) is 5.91 Å². The Morgan fingerprint density at radius 1 is 1.25 bits per heavy atom. The van der Waals surface area contributed by atoms with Gasteiger partial charge in [-0.15, -0.1) is 0 Å². The number of rotatable bonds is 2. The van der Waals surface area contributed by atoms with E-state index >= 15 is 0 Å². The lowest BCUT2D eigenvalue weighted by molar-refractivity contribution is -0.114. The SMILES string of the molecule is CC/C=C1\C=CC(=O)N(c2ccccc2)C1. The molecule has 1 aliphatic heterocycles. The number of allylic oxidation sites excluding steroid dienone is 1. The molecule has 82 valence electrons. The summed E-state index contributed by atoms with van der Waals surface area (Å²) in [6.45, 7) is 2.78. The van der Waals surface area contributed by atoms with Crippen LogP contribution in [0.5, 0.6) is 0 Å². The van der Waals surface area contributed by atoms with E-state index in [0.29, 0.717) is 6.54 Å². The smallest absolute Gasteiger partial charge is 0.251 e. The lowest BCUT2D eigenvalue weighted by Crippen LogP contribution is -2.33. The quantitative estimate of drug-likeness (QED) is 0.739. The third-order valence-electron chi connectivity index (χ3n) is 2.58. The van der Waals surface area contributed by atoms with Crippen molar-refractivity contribution in [2.75, 3.05) is 11.4 Å². The largest absolute Gasteiger partial charge is 0.304 e. The van der Waals surface area contributed by atoms with Gasteiger partial charge in [0.15, 0.2) is 0 Å². The molecule has 0 bridgehead atoms. The van der Waals surface area contributed by atoms with E-state index in [9.17, 15) is 4.79 Å². The van der Waals surface area contributed by atoms with Gasteiger partial charge in [-0.25, -0.2) is 0 Å². The summed E-state index contributed by atoms with van der Waals surface area (Å²) < 4.78 is 0. The van der Waals surface area contributed by atoms with Crippen molar-refractivity contribution in [1.82, 2.24) is 0 Å². The van der Waals surface area contributed by atoms with Gasteiger partial charge in [-0.3, -0.25) is 4.79 Å². The molecule has 0 spiro atoms. The zero-order valence-electron chi connectivity index (χ0n) is 9.39. The van der Waals surface area contributed by atoms with Gasteiger partial charge in [0.2, 0.25) is 0 Å². The Balaban J connectivity index is 2.26. The van der Waals surface area contributed by atoms with Crippen molar-refractivity contribution >= 4 is 11.6 Å². The molecule has 0 fully saturated rings. The number of amides is 1. The minimum atomic E-state index is 0.0550. The van der Waals surface area contributed by atoms with Crippen molar-refractivity contribution in [1.29, 1.82) is 0 Å². The number of para-hydroxylation sites is 1. The second-order valence-electron chi connectivity index (χ2n) is 3.78. The van der Waals surface area contributed by atoms with Crippen LogP contribution in [0.15, 0.2) is 54.1 Å². The van der Waals surface area contributed by atoms with E-state index in [2.05, 4.69) is 13.0 Å². The Morgan fingerprint density at radius 2 is 2.00 bits per heavy atom. The molecule has 1 amide bonds. The maximum Gasteiger partial charge on any atom is 0.251 e. The maximum atomic E-state index is 11.8. The van der Waals surface area contributed by atoms with Crippen LogP contribution in [0.25, 0.3) is 0 Å². The number of benzene rings is 1. The molecule has 0 unspecified atom stereocenters. The van der Waals surface area contributed by atoms with Crippen LogP contribution in [0.3, 0.4) is 0 Å². The molecule has 0 saturated carbocycles. The lowest BCUT2D eigenvalue weighted by atomic mass is 10.1. The fourth-order valence-corrected chi connectivity index (χ4v) is 1.80. The molecule has 2 heteroatoms. The summed E-state index contributed by atoms with van der Waals surface area (Å²) in [7, 11) is 0. The predicted octanol–water partition coefficient (Wildman–Crippen LogP) is 2.93. The molecule has 1 heterocycles. The van der Waals surface area contributed by atoms with E-state index in [0.717, 1.165) is 12.1 Å². The molecule has 1 aliphatic rings. The highest BCUT2D eigenvalue weighted by molar-refractivity contribution is 6.03. The molecular weight excluding hydrogens is 198 g/mol. The first-order valence-electron chi connectivity index (χ1n) is 5.55. The highest BCUT2D eigenvalue weighted by atomic mass is 16.2. The van der Waals surface area contributed by atoms with E-state index in [1.807, 2.05) is 36.4 Å². The second kappa shape index (κ2) is 4.79. The first kappa shape index (κ1) is 10.7. The first-order chi connectivity index (χ1) is 7.81. The Labute approximate surface area is 95.9 Å². The van der Waals surface area contributed by atoms with Crippen molar-refractivity contribution < 1.29 is 4.79 Å².